The molecule has 7 heteroatoms. The quantitative estimate of drug-likeness (QED) is 0.634. The van der Waals surface area contributed by atoms with Gasteiger partial charge in [0.15, 0.2) is 0 Å². The van der Waals surface area contributed by atoms with Crippen LogP contribution in [0.2, 0.25) is 0 Å². The van der Waals surface area contributed by atoms with Gasteiger partial charge in [-0.3, -0.25) is 0 Å². The first-order chi connectivity index (χ1) is 7.82. The van der Waals surface area contributed by atoms with Gasteiger partial charge in [0.25, 0.3) is 10.2 Å². The monoisotopic (exact) mass is 268 g/mol. The third-order valence-electron chi connectivity index (χ3n) is 2.28. The smallest absolute Gasteiger partial charge is 0.281 e. The molecular formula is C10H24N2O4S. The van der Waals surface area contributed by atoms with Crippen molar-refractivity contribution < 1.29 is 18.3 Å². The van der Waals surface area contributed by atoms with Gasteiger partial charge in [0, 0.05) is 33.8 Å². The molecule has 0 atom stereocenters. The van der Waals surface area contributed by atoms with E-state index in [1.165, 1.54) is 22.7 Å². The summed E-state index contributed by atoms with van der Waals surface area (Å²) in [5.74, 6) is 0. The lowest BCUT2D eigenvalue weighted by molar-refractivity contribution is 0.0730. The first kappa shape index (κ1) is 16.8. The molecule has 0 amide bonds. The van der Waals surface area contributed by atoms with Crippen molar-refractivity contribution in [2.24, 2.45) is 0 Å². The topological polar surface area (TPSA) is 70.1 Å². The van der Waals surface area contributed by atoms with Crippen LogP contribution in [0.3, 0.4) is 0 Å². The largest absolute Gasteiger partial charge is 0.396 e. The highest BCUT2D eigenvalue weighted by molar-refractivity contribution is 7.86. The van der Waals surface area contributed by atoms with E-state index >= 15 is 0 Å². The molecule has 0 saturated heterocycles. The second-order valence-electron chi connectivity index (χ2n) is 4.15. The number of hydrogen-bond acceptors (Lipinski definition) is 4. The van der Waals surface area contributed by atoms with Crippen LogP contribution in [0.4, 0.5) is 0 Å². The first-order valence-corrected chi connectivity index (χ1v) is 7.12. The first-order valence-electron chi connectivity index (χ1n) is 5.72. The van der Waals surface area contributed by atoms with Crippen LogP contribution < -0.4 is 0 Å². The lowest BCUT2D eigenvalue weighted by atomic mass is 10.5. The Bertz CT molecular complexity index is 293. The van der Waals surface area contributed by atoms with Gasteiger partial charge in [-0.1, -0.05) is 0 Å². The van der Waals surface area contributed by atoms with Crippen molar-refractivity contribution >= 4 is 10.2 Å². The van der Waals surface area contributed by atoms with E-state index in [-0.39, 0.29) is 12.7 Å². The maximum Gasteiger partial charge on any atom is 0.281 e. The molecule has 0 aromatic rings. The zero-order chi connectivity index (χ0) is 13.5. The number of aliphatic hydroxyl groups is 1. The van der Waals surface area contributed by atoms with E-state index in [9.17, 15) is 8.42 Å². The summed E-state index contributed by atoms with van der Waals surface area (Å²) in [7, 11) is -0.407. The van der Waals surface area contributed by atoms with Crippen molar-refractivity contribution in [3.05, 3.63) is 0 Å². The Kier molecular flexibility index (Phi) is 7.89. The van der Waals surface area contributed by atoms with Gasteiger partial charge in [-0.05, 0) is 20.3 Å². The Morgan fingerprint density at radius 1 is 1.18 bits per heavy atom. The molecule has 0 aliphatic carbocycles. The normalized spacial score (nSPS) is 12.9. The Balaban J connectivity index is 4.19. The Labute approximate surface area is 104 Å². The molecule has 0 bridgehead atoms. The molecule has 1 N–H and O–H groups in total. The minimum Gasteiger partial charge on any atom is -0.396 e. The summed E-state index contributed by atoms with van der Waals surface area (Å²) in [6, 6.07) is 0. The predicted molar refractivity (Wildman–Crippen MR) is 67.0 cm³/mol. The zero-order valence-electron chi connectivity index (χ0n) is 11.1. The van der Waals surface area contributed by atoms with Gasteiger partial charge >= 0.3 is 0 Å². The second-order valence-corrected chi connectivity index (χ2v) is 6.29. The minimum absolute atomic E-state index is 0.0139. The molecule has 0 spiro atoms. The molecule has 0 rings (SSSR count). The van der Waals surface area contributed by atoms with E-state index in [0.717, 1.165) is 0 Å². The fraction of sp³-hybridized carbons (Fsp3) is 1.00. The Morgan fingerprint density at radius 2 is 1.71 bits per heavy atom. The van der Waals surface area contributed by atoms with E-state index < -0.39 is 10.2 Å². The van der Waals surface area contributed by atoms with E-state index in [1.807, 2.05) is 13.8 Å². The average Bonchev–Trinajstić information content (AvgIpc) is 2.24. The van der Waals surface area contributed by atoms with Gasteiger partial charge in [-0.2, -0.15) is 17.0 Å². The third kappa shape index (κ3) is 6.32. The standard InChI is InChI=1S/C10H24N2O4S/c1-10(2)16-9-7-12(4)17(14,15)11(3)6-5-8-13/h10,13H,5-9H2,1-4H3. The van der Waals surface area contributed by atoms with Crippen molar-refractivity contribution in [2.75, 3.05) is 40.4 Å². The minimum atomic E-state index is -3.43. The summed E-state index contributed by atoms with van der Waals surface area (Å²) < 4.78 is 31.6. The lowest BCUT2D eigenvalue weighted by Crippen LogP contribution is -2.41. The Hall–Kier alpha value is -0.210. The highest BCUT2D eigenvalue weighted by atomic mass is 32.2. The molecule has 0 unspecified atom stereocenters. The van der Waals surface area contributed by atoms with Crippen LogP contribution in [0.25, 0.3) is 0 Å². The van der Waals surface area contributed by atoms with Crippen molar-refractivity contribution in [3.63, 3.8) is 0 Å². The molecule has 0 aliphatic heterocycles. The van der Waals surface area contributed by atoms with Crippen molar-refractivity contribution in [1.29, 1.82) is 0 Å². The predicted octanol–water partition coefficient (Wildman–Crippen LogP) is -0.0978. The summed E-state index contributed by atoms with van der Waals surface area (Å²) >= 11 is 0. The highest BCUT2D eigenvalue weighted by Crippen LogP contribution is 2.04. The van der Waals surface area contributed by atoms with Gasteiger partial charge in [0.2, 0.25) is 0 Å². The number of ether oxygens (including phenoxy) is 1. The molecule has 0 aromatic heterocycles. The molecule has 6 nitrogen and oxygen atoms in total. The molecule has 0 radical (unpaired) electrons. The fourth-order valence-electron chi connectivity index (χ4n) is 1.18. The number of hydrogen-bond donors (Lipinski definition) is 1. The van der Waals surface area contributed by atoms with Crippen molar-refractivity contribution in [2.45, 2.75) is 26.4 Å². The van der Waals surface area contributed by atoms with Crippen molar-refractivity contribution in [3.8, 4) is 0 Å². The van der Waals surface area contributed by atoms with E-state index in [0.29, 0.717) is 26.1 Å². The van der Waals surface area contributed by atoms with Gasteiger partial charge in [0.1, 0.15) is 0 Å². The van der Waals surface area contributed by atoms with E-state index in [2.05, 4.69) is 0 Å². The summed E-state index contributed by atoms with van der Waals surface area (Å²) in [5, 5.41) is 8.67. The molecule has 104 valence electrons. The molecule has 0 saturated carbocycles. The van der Waals surface area contributed by atoms with Crippen LogP contribution in [0, 0.1) is 0 Å². The number of rotatable bonds is 9. The molecule has 0 aliphatic rings. The summed E-state index contributed by atoms with van der Waals surface area (Å²) in [4.78, 5) is 0. The molecule has 17 heavy (non-hydrogen) atoms. The summed E-state index contributed by atoms with van der Waals surface area (Å²) in [5.41, 5.74) is 0. The van der Waals surface area contributed by atoms with Crippen LogP contribution >= 0.6 is 0 Å². The molecule has 0 aromatic carbocycles. The van der Waals surface area contributed by atoms with Crippen LogP contribution in [-0.4, -0.2) is 68.6 Å². The third-order valence-corrected chi connectivity index (χ3v) is 4.22. The van der Waals surface area contributed by atoms with Gasteiger partial charge < -0.3 is 9.84 Å². The van der Waals surface area contributed by atoms with E-state index in [4.69, 9.17) is 9.84 Å². The lowest BCUT2D eigenvalue weighted by Gasteiger charge is -2.24. The number of aliphatic hydroxyl groups excluding tert-OH is 1. The van der Waals surface area contributed by atoms with Gasteiger partial charge in [0.05, 0.1) is 12.7 Å². The molecule has 0 fully saturated rings. The van der Waals surface area contributed by atoms with Crippen molar-refractivity contribution in [1.82, 2.24) is 8.61 Å². The second kappa shape index (κ2) is 7.99. The Morgan fingerprint density at radius 3 is 2.18 bits per heavy atom. The molecule has 0 heterocycles. The van der Waals surface area contributed by atoms with Crippen LogP contribution in [0.15, 0.2) is 0 Å². The fourth-order valence-corrected chi connectivity index (χ4v) is 2.32. The molecular weight excluding hydrogens is 244 g/mol. The number of nitrogens with zero attached hydrogens (tertiary/aromatic N) is 2. The van der Waals surface area contributed by atoms with E-state index in [1.54, 1.807) is 0 Å². The SMILES string of the molecule is CC(C)OCCN(C)S(=O)(=O)N(C)CCCO. The maximum atomic E-state index is 11.9. The van der Waals surface area contributed by atoms with Crippen LogP contribution in [-0.2, 0) is 14.9 Å². The van der Waals surface area contributed by atoms with Gasteiger partial charge in [-0.25, -0.2) is 0 Å². The number of likely N-dealkylation sites (N-methyl/N-ethyl adjacent to an activating group) is 1. The summed E-state index contributed by atoms with van der Waals surface area (Å²) in [6.45, 7) is 4.81. The maximum absolute atomic E-state index is 11.9. The summed E-state index contributed by atoms with van der Waals surface area (Å²) in [6.07, 6.45) is 0.532. The van der Waals surface area contributed by atoms with Gasteiger partial charge in [-0.15, -0.1) is 0 Å². The highest BCUT2D eigenvalue weighted by Gasteiger charge is 2.22. The average molecular weight is 268 g/mol. The van der Waals surface area contributed by atoms with Crippen LogP contribution in [0.1, 0.15) is 20.3 Å². The van der Waals surface area contributed by atoms with Crippen LogP contribution in [0.5, 0.6) is 0 Å². The zero-order valence-corrected chi connectivity index (χ0v) is 11.9.